The van der Waals surface area contributed by atoms with Crippen molar-refractivity contribution >= 4 is 38.7 Å². The lowest BCUT2D eigenvalue weighted by molar-refractivity contribution is 1.34. The predicted octanol–water partition coefficient (Wildman–Crippen LogP) is 4.20. The third-order valence-electron chi connectivity index (χ3n) is 2.54. The summed E-state index contributed by atoms with van der Waals surface area (Å²) in [5.74, 6) is 0. The number of nitrogen functional groups attached to an aromatic ring is 1. The molecule has 0 saturated heterocycles. The van der Waals surface area contributed by atoms with E-state index < -0.39 is 0 Å². The van der Waals surface area contributed by atoms with Crippen molar-refractivity contribution in [1.82, 2.24) is 4.98 Å². The molecule has 84 valence electrons. The van der Waals surface area contributed by atoms with E-state index in [0.29, 0.717) is 0 Å². The van der Waals surface area contributed by atoms with E-state index in [0.717, 1.165) is 31.4 Å². The molecule has 0 fully saturated rings. The fourth-order valence-electron chi connectivity index (χ4n) is 1.73. The first-order chi connectivity index (χ1) is 8.24. The number of nitrogens with two attached hydrogens (primary N) is 1. The average molecular weight is 261 g/mol. The lowest BCUT2D eigenvalue weighted by atomic mass is 10.2. The quantitative estimate of drug-likeness (QED) is 0.712. The van der Waals surface area contributed by atoms with Crippen molar-refractivity contribution < 1.29 is 0 Å². The van der Waals surface area contributed by atoms with Crippen LogP contribution in [0.1, 0.15) is 0 Å². The van der Waals surface area contributed by atoms with E-state index in [1.165, 1.54) is 0 Å². The number of benzene rings is 1. The van der Waals surface area contributed by atoms with Crippen molar-refractivity contribution in [3.05, 3.63) is 47.6 Å². The molecule has 2 nitrogen and oxygen atoms in total. The van der Waals surface area contributed by atoms with Crippen LogP contribution in [0.4, 0.5) is 5.69 Å². The second-order valence-corrected chi connectivity index (χ2v) is 5.23. The third kappa shape index (κ3) is 1.88. The van der Waals surface area contributed by atoms with Crippen LogP contribution in [0.25, 0.3) is 20.7 Å². The Bertz CT molecular complexity index is 691. The molecule has 0 aliphatic heterocycles. The Morgan fingerprint density at radius 2 is 2.06 bits per heavy atom. The molecule has 2 heterocycles. The maximum atomic E-state index is 6.15. The van der Waals surface area contributed by atoms with Crippen LogP contribution in [0.2, 0.25) is 5.02 Å². The number of anilines is 1. The Kier molecular flexibility index (Phi) is 2.50. The second-order valence-electron chi connectivity index (χ2n) is 3.74. The number of hydrogen-bond acceptors (Lipinski definition) is 3. The number of halogens is 1. The maximum absolute atomic E-state index is 6.15. The minimum atomic E-state index is 0.721. The number of nitrogens with zero attached hydrogens (tertiary/aromatic N) is 1. The molecule has 1 aromatic carbocycles. The summed E-state index contributed by atoms with van der Waals surface area (Å²) in [6.07, 6.45) is 1.72. The van der Waals surface area contributed by atoms with Gasteiger partial charge in [-0.25, -0.2) is 0 Å². The van der Waals surface area contributed by atoms with Crippen molar-refractivity contribution in [2.75, 3.05) is 5.73 Å². The summed E-state index contributed by atoms with van der Waals surface area (Å²) in [6, 6.07) is 11.6. The normalized spacial score (nSPS) is 10.9. The van der Waals surface area contributed by atoms with Gasteiger partial charge >= 0.3 is 0 Å². The standard InChI is InChI=1S/C13H9ClN2S/c14-10-2-1-3-12-9(10)7-13(17-12)11-6-8(15)4-5-16-11/h1-7H,(H2,15,16). The van der Waals surface area contributed by atoms with Crippen LogP contribution in [0, 0.1) is 0 Å². The van der Waals surface area contributed by atoms with Gasteiger partial charge in [0.1, 0.15) is 0 Å². The molecule has 2 aromatic heterocycles. The molecule has 2 N–H and O–H groups in total. The van der Waals surface area contributed by atoms with E-state index in [4.69, 9.17) is 17.3 Å². The zero-order chi connectivity index (χ0) is 11.8. The van der Waals surface area contributed by atoms with Gasteiger partial charge in [0.2, 0.25) is 0 Å². The summed E-state index contributed by atoms with van der Waals surface area (Å²) >= 11 is 7.82. The molecule has 3 rings (SSSR count). The van der Waals surface area contributed by atoms with Crippen molar-refractivity contribution in [2.24, 2.45) is 0 Å². The van der Waals surface area contributed by atoms with Crippen LogP contribution in [-0.2, 0) is 0 Å². The number of aromatic nitrogens is 1. The highest BCUT2D eigenvalue weighted by Crippen LogP contribution is 2.36. The van der Waals surface area contributed by atoms with Crippen molar-refractivity contribution in [3.63, 3.8) is 0 Å². The van der Waals surface area contributed by atoms with Gasteiger partial charge in [0.05, 0.1) is 10.6 Å². The first-order valence-corrected chi connectivity index (χ1v) is 6.33. The number of fused-ring (bicyclic) bond motifs is 1. The van der Waals surface area contributed by atoms with Crippen LogP contribution in [0.5, 0.6) is 0 Å². The zero-order valence-electron chi connectivity index (χ0n) is 8.85. The fourth-order valence-corrected chi connectivity index (χ4v) is 3.07. The Morgan fingerprint density at radius 3 is 2.82 bits per heavy atom. The summed E-state index contributed by atoms with van der Waals surface area (Å²) in [5.41, 5.74) is 7.37. The van der Waals surface area contributed by atoms with Gasteiger partial charge in [-0.05, 0) is 30.3 Å². The minimum Gasteiger partial charge on any atom is -0.399 e. The highest BCUT2D eigenvalue weighted by Gasteiger charge is 2.07. The van der Waals surface area contributed by atoms with Gasteiger partial charge in [0, 0.05) is 27.0 Å². The van der Waals surface area contributed by atoms with E-state index in [9.17, 15) is 0 Å². The van der Waals surface area contributed by atoms with Crippen LogP contribution in [0.15, 0.2) is 42.6 Å². The molecule has 0 bridgehead atoms. The Balaban J connectivity index is 2.22. The summed E-state index contributed by atoms with van der Waals surface area (Å²) in [4.78, 5) is 5.41. The topological polar surface area (TPSA) is 38.9 Å². The van der Waals surface area contributed by atoms with E-state index in [-0.39, 0.29) is 0 Å². The Hall–Kier alpha value is -1.58. The lowest BCUT2D eigenvalue weighted by Crippen LogP contribution is -1.86. The predicted molar refractivity (Wildman–Crippen MR) is 74.5 cm³/mol. The second kappa shape index (κ2) is 4.02. The SMILES string of the molecule is Nc1ccnc(-c2cc3c(Cl)cccc3s2)c1. The number of pyridine rings is 1. The molecule has 0 aliphatic rings. The molecule has 0 radical (unpaired) electrons. The van der Waals surface area contributed by atoms with Gasteiger partial charge < -0.3 is 5.73 Å². The molecule has 4 heteroatoms. The van der Waals surface area contributed by atoms with Gasteiger partial charge in [-0.1, -0.05) is 17.7 Å². The molecule has 0 saturated carbocycles. The molecule has 0 amide bonds. The fraction of sp³-hybridized carbons (Fsp3) is 0. The van der Waals surface area contributed by atoms with Crippen molar-refractivity contribution in [2.45, 2.75) is 0 Å². The van der Waals surface area contributed by atoms with Crippen molar-refractivity contribution in [1.29, 1.82) is 0 Å². The molecular formula is C13H9ClN2S. The van der Waals surface area contributed by atoms with Crippen LogP contribution in [-0.4, -0.2) is 4.98 Å². The van der Waals surface area contributed by atoms with Gasteiger partial charge in [0.15, 0.2) is 0 Å². The highest BCUT2D eigenvalue weighted by atomic mass is 35.5. The van der Waals surface area contributed by atoms with Gasteiger partial charge in [-0.3, -0.25) is 4.98 Å². The van der Waals surface area contributed by atoms with Gasteiger partial charge in [-0.2, -0.15) is 0 Å². The summed E-state index contributed by atoms with van der Waals surface area (Å²) in [5, 5.41) is 1.84. The minimum absolute atomic E-state index is 0.721. The first kappa shape index (κ1) is 10.6. The zero-order valence-corrected chi connectivity index (χ0v) is 10.4. The van der Waals surface area contributed by atoms with Gasteiger partial charge in [-0.15, -0.1) is 11.3 Å². The Morgan fingerprint density at radius 1 is 1.18 bits per heavy atom. The summed E-state index contributed by atoms with van der Waals surface area (Å²) < 4.78 is 1.16. The van der Waals surface area contributed by atoms with E-state index in [1.807, 2.05) is 18.2 Å². The molecule has 3 aromatic rings. The lowest BCUT2D eigenvalue weighted by Gasteiger charge is -1.96. The van der Waals surface area contributed by atoms with E-state index in [2.05, 4.69) is 17.1 Å². The molecular weight excluding hydrogens is 252 g/mol. The smallest absolute Gasteiger partial charge is 0.0822 e. The van der Waals surface area contributed by atoms with Crippen LogP contribution in [0.3, 0.4) is 0 Å². The number of rotatable bonds is 1. The van der Waals surface area contributed by atoms with Crippen molar-refractivity contribution in [3.8, 4) is 10.6 Å². The first-order valence-electron chi connectivity index (χ1n) is 5.14. The largest absolute Gasteiger partial charge is 0.399 e. The average Bonchev–Trinajstić information content (AvgIpc) is 2.74. The molecule has 17 heavy (non-hydrogen) atoms. The highest BCUT2D eigenvalue weighted by molar-refractivity contribution is 7.22. The van der Waals surface area contributed by atoms with Crippen LogP contribution < -0.4 is 5.73 Å². The monoisotopic (exact) mass is 260 g/mol. The Labute approximate surface area is 108 Å². The maximum Gasteiger partial charge on any atom is 0.0822 e. The summed E-state index contributed by atoms with van der Waals surface area (Å²) in [6.45, 7) is 0. The van der Waals surface area contributed by atoms with Crippen LogP contribution >= 0.6 is 22.9 Å². The molecule has 0 spiro atoms. The number of hydrogen-bond donors (Lipinski definition) is 1. The molecule has 0 aliphatic carbocycles. The van der Waals surface area contributed by atoms with Gasteiger partial charge in [0.25, 0.3) is 0 Å². The molecule has 0 atom stereocenters. The van der Waals surface area contributed by atoms with E-state index >= 15 is 0 Å². The number of thiophene rings is 1. The third-order valence-corrected chi connectivity index (χ3v) is 4.00. The van der Waals surface area contributed by atoms with E-state index in [1.54, 1.807) is 23.6 Å². The summed E-state index contributed by atoms with van der Waals surface area (Å²) in [7, 11) is 0. The molecule has 0 unspecified atom stereocenters.